The monoisotopic (exact) mass is 298 g/mol. The molecule has 0 aliphatic heterocycles. The van der Waals surface area contributed by atoms with Gasteiger partial charge in [0.1, 0.15) is 5.75 Å². The summed E-state index contributed by atoms with van der Waals surface area (Å²) in [7, 11) is 0.448. The summed E-state index contributed by atoms with van der Waals surface area (Å²) in [5.74, 6) is 0.760. The predicted octanol–water partition coefficient (Wildman–Crippen LogP) is 2.98. The summed E-state index contributed by atoms with van der Waals surface area (Å²) in [6.45, 7) is 0. The highest BCUT2D eigenvalue weighted by Crippen LogP contribution is 2.34. The fourth-order valence-corrected chi connectivity index (χ4v) is 4.18. The van der Waals surface area contributed by atoms with E-state index in [4.69, 9.17) is 4.74 Å². The molecule has 2 aromatic carbocycles. The van der Waals surface area contributed by atoms with Crippen LogP contribution in [0.25, 0.3) is 11.0 Å². The van der Waals surface area contributed by atoms with E-state index in [1.165, 1.54) is 5.56 Å². The molecule has 0 spiro atoms. The number of aromatic amines is 1. The second-order valence-electron chi connectivity index (χ2n) is 5.16. The van der Waals surface area contributed by atoms with E-state index in [1.54, 1.807) is 7.11 Å². The number of hydrogen-bond donors (Lipinski definition) is 1. The van der Waals surface area contributed by atoms with Crippen molar-refractivity contribution in [2.45, 2.75) is 16.8 Å². The predicted molar refractivity (Wildman–Crippen MR) is 81.9 cm³/mol. The fraction of sp³-hybridized carbons (Fsp3) is 0.188. The Labute approximate surface area is 124 Å². The van der Waals surface area contributed by atoms with E-state index in [0.29, 0.717) is 5.16 Å². The minimum atomic E-state index is -1.18. The molecule has 21 heavy (non-hydrogen) atoms. The minimum Gasteiger partial charge on any atom is -0.497 e. The number of nitrogens with zero attached hydrogens (tertiary/aromatic N) is 1. The van der Waals surface area contributed by atoms with E-state index < -0.39 is 10.8 Å². The van der Waals surface area contributed by atoms with Gasteiger partial charge in [-0.05, 0) is 29.7 Å². The molecule has 106 valence electrons. The highest BCUT2D eigenvalue weighted by molar-refractivity contribution is 7.85. The van der Waals surface area contributed by atoms with Gasteiger partial charge in [0.2, 0.25) is 0 Å². The van der Waals surface area contributed by atoms with Gasteiger partial charge in [0.25, 0.3) is 0 Å². The Morgan fingerprint density at radius 2 is 2.19 bits per heavy atom. The third-order valence-electron chi connectivity index (χ3n) is 3.86. The van der Waals surface area contributed by atoms with Gasteiger partial charge in [0.05, 0.1) is 34.2 Å². The van der Waals surface area contributed by atoms with Crippen LogP contribution in [0.3, 0.4) is 0 Å². The van der Waals surface area contributed by atoms with Crippen molar-refractivity contribution in [1.82, 2.24) is 9.97 Å². The quantitative estimate of drug-likeness (QED) is 0.809. The first-order valence-electron chi connectivity index (χ1n) is 6.78. The number of fused-ring (bicyclic) bond motifs is 3. The van der Waals surface area contributed by atoms with Gasteiger partial charge in [-0.2, -0.15) is 0 Å². The molecule has 1 aromatic heterocycles. The first kappa shape index (κ1) is 12.6. The SMILES string of the molecule is COc1ccc2nc(S(=O)C3Cc4cccc3c4)[nH]c2c1. The van der Waals surface area contributed by atoms with Crippen molar-refractivity contribution in [2.24, 2.45) is 0 Å². The van der Waals surface area contributed by atoms with E-state index in [0.717, 1.165) is 28.8 Å². The highest BCUT2D eigenvalue weighted by Gasteiger charge is 2.28. The van der Waals surface area contributed by atoms with Crippen molar-refractivity contribution >= 4 is 21.8 Å². The molecule has 0 saturated heterocycles. The summed E-state index contributed by atoms with van der Waals surface area (Å²) in [4.78, 5) is 7.63. The van der Waals surface area contributed by atoms with E-state index >= 15 is 0 Å². The second-order valence-corrected chi connectivity index (χ2v) is 6.71. The Bertz CT molecular complexity index is 856. The molecule has 0 amide bonds. The molecule has 4 rings (SSSR count). The topological polar surface area (TPSA) is 55.0 Å². The van der Waals surface area contributed by atoms with Gasteiger partial charge >= 0.3 is 0 Å². The molecule has 2 unspecified atom stereocenters. The molecular weight excluding hydrogens is 284 g/mol. The van der Waals surface area contributed by atoms with Crippen LogP contribution in [-0.2, 0) is 17.2 Å². The zero-order valence-electron chi connectivity index (χ0n) is 11.5. The molecule has 3 aromatic rings. The van der Waals surface area contributed by atoms with Crippen LogP contribution < -0.4 is 4.74 Å². The Kier molecular flexibility index (Phi) is 2.82. The third-order valence-corrected chi connectivity index (χ3v) is 5.39. The first-order chi connectivity index (χ1) is 10.2. The van der Waals surface area contributed by atoms with Gasteiger partial charge in [-0.3, -0.25) is 4.21 Å². The second kappa shape index (κ2) is 4.70. The summed E-state index contributed by atoms with van der Waals surface area (Å²) >= 11 is 0. The number of nitrogens with one attached hydrogen (secondary N) is 1. The third kappa shape index (κ3) is 2.05. The lowest BCUT2D eigenvalue weighted by Gasteiger charge is -2.07. The Balaban J connectivity index is 1.71. The van der Waals surface area contributed by atoms with E-state index in [9.17, 15) is 4.21 Å². The number of aromatic nitrogens is 2. The van der Waals surface area contributed by atoms with Crippen molar-refractivity contribution in [3.05, 3.63) is 53.6 Å². The summed E-state index contributed by atoms with van der Waals surface area (Å²) in [6, 6.07) is 13.8. The molecule has 4 nitrogen and oxygen atoms in total. The van der Waals surface area contributed by atoms with Crippen LogP contribution in [0, 0.1) is 0 Å². The maximum Gasteiger partial charge on any atom is 0.198 e. The zero-order chi connectivity index (χ0) is 14.4. The number of benzene rings is 2. The van der Waals surface area contributed by atoms with Crippen molar-refractivity contribution < 1.29 is 8.95 Å². The molecule has 5 heteroatoms. The van der Waals surface area contributed by atoms with Crippen LogP contribution in [-0.4, -0.2) is 21.3 Å². The normalized spacial score (nSPS) is 18.0. The molecule has 1 aliphatic carbocycles. The number of methoxy groups -OCH3 is 1. The first-order valence-corrected chi connectivity index (χ1v) is 7.99. The molecule has 1 aliphatic rings. The lowest BCUT2D eigenvalue weighted by molar-refractivity contribution is 0.415. The summed E-state index contributed by atoms with van der Waals surface area (Å²) in [5, 5.41) is 0.531. The summed E-state index contributed by atoms with van der Waals surface area (Å²) < 4.78 is 18.0. The number of imidazole rings is 1. The van der Waals surface area contributed by atoms with Crippen LogP contribution >= 0.6 is 0 Å². The van der Waals surface area contributed by atoms with Crippen molar-refractivity contribution in [2.75, 3.05) is 7.11 Å². The molecule has 0 radical (unpaired) electrons. The lowest BCUT2D eigenvalue weighted by atomic mass is 10.2. The van der Waals surface area contributed by atoms with Gasteiger partial charge in [-0.25, -0.2) is 4.98 Å². The van der Waals surface area contributed by atoms with Gasteiger partial charge in [-0.1, -0.05) is 24.3 Å². The van der Waals surface area contributed by atoms with Gasteiger partial charge in [-0.15, -0.1) is 0 Å². The average molecular weight is 298 g/mol. The van der Waals surface area contributed by atoms with Crippen LogP contribution in [0.4, 0.5) is 0 Å². The standard InChI is InChI=1S/C16H14N2O2S/c1-20-12-5-6-13-14(9-12)18-16(17-13)21(19)15-8-10-3-2-4-11(15)7-10/h2-7,9,15H,8H2,1H3,(H,17,18). The molecule has 2 atom stereocenters. The molecule has 0 saturated carbocycles. The molecule has 2 bridgehead atoms. The van der Waals surface area contributed by atoms with Crippen molar-refractivity contribution in [3.63, 3.8) is 0 Å². The Morgan fingerprint density at radius 3 is 3.00 bits per heavy atom. The molecule has 0 fully saturated rings. The van der Waals surface area contributed by atoms with E-state index in [1.807, 2.05) is 30.3 Å². The van der Waals surface area contributed by atoms with E-state index in [2.05, 4.69) is 22.1 Å². The van der Waals surface area contributed by atoms with Gasteiger partial charge in [0.15, 0.2) is 5.16 Å². The van der Waals surface area contributed by atoms with Crippen LogP contribution in [0.5, 0.6) is 5.75 Å². The molecule has 1 N–H and O–H groups in total. The number of rotatable bonds is 3. The summed E-state index contributed by atoms with van der Waals surface area (Å²) in [6.07, 6.45) is 0.815. The summed E-state index contributed by atoms with van der Waals surface area (Å²) in [5.41, 5.74) is 4.03. The van der Waals surface area contributed by atoms with Crippen molar-refractivity contribution in [3.8, 4) is 5.75 Å². The number of ether oxygens (including phenoxy) is 1. The minimum absolute atomic E-state index is 0.00235. The van der Waals surface area contributed by atoms with Gasteiger partial charge in [0, 0.05) is 6.07 Å². The maximum absolute atomic E-state index is 12.8. The smallest absolute Gasteiger partial charge is 0.198 e. The Morgan fingerprint density at radius 1 is 1.29 bits per heavy atom. The average Bonchev–Trinajstić information content (AvgIpc) is 3.06. The van der Waals surface area contributed by atoms with Crippen LogP contribution in [0.2, 0.25) is 0 Å². The molecule has 1 heterocycles. The number of hydrogen-bond acceptors (Lipinski definition) is 3. The number of H-pyrrole nitrogens is 1. The van der Waals surface area contributed by atoms with Crippen LogP contribution in [0.1, 0.15) is 16.4 Å². The zero-order valence-corrected chi connectivity index (χ0v) is 12.3. The molecular formula is C16H14N2O2S. The fourth-order valence-electron chi connectivity index (χ4n) is 2.77. The largest absolute Gasteiger partial charge is 0.497 e. The van der Waals surface area contributed by atoms with Crippen molar-refractivity contribution in [1.29, 1.82) is 0 Å². The Hall–Kier alpha value is -2.14. The van der Waals surface area contributed by atoms with Gasteiger partial charge < -0.3 is 9.72 Å². The van der Waals surface area contributed by atoms with Crippen LogP contribution in [0.15, 0.2) is 47.6 Å². The highest BCUT2D eigenvalue weighted by atomic mass is 32.2. The lowest BCUT2D eigenvalue weighted by Crippen LogP contribution is -2.06. The maximum atomic E-state index is 12.8. The van der Waals surface area contributed by atoms with E-state index in [-0.39, 0.29) is 5.25 Å².